The molecular formula is C15H21N3O2S. The number of primary amides is 1. The van der Waals surface area contributed by atoms with E-state index in [0.29, 0.717) is 13.0 Å². The summed E-state index contributed by atoms with van der Waals surface area (Å²) in [6, 6.07) is 8.02. The van der Waals surface area contributed by atoms with Crippen LogP contribution in [0.2, 0.25) is 0 Å². The Balaban J connectivity index is 1.97. The molecule has 5 nitrogen and oxygen atoms in total. The molecule has 0 spiro atoms. The molecule has 1 aromatic rings. The number of thioether (sulfide) groups is 1. The number of para-hydroxylation sites is 1. The first-order valence-corrected chi connectivity index (χ1v) is 7.94. The number of nitrogens with two attached hydrogens (primary N) is 1. The molecule has 0 unspecified atom stereocenters. The van der Waals surface area contributed by atoms with Gasteiger partial charge in [-0.25, -0.2) is 0 Å². The molecule has 6 heteroatoms. The van der Waals surface area contributed by atoms with Crippen molar-refractivity contribution in [3.8, 4) is 0 Å². The molecule has 0 aromatic heterocycles. The molecule has 0 bridgehead atoms. The Bertz CT molecular complexity index is 533. The lowest BCUT2D eigenvalue weighted by atomic mass is 10.2. The minimum atomic E-state index is -0.338. The van der Waals surface area contributed by atoms with Crippen molar-refractivity contribution in [2.24, 2.45) is 5.73 Å². The molecule has 1 aliphatic heterocycles. The Morgan fingerprint density at radius 1 is 1.43 bits per heavy atom. The average molecular weight is 307 g/mol. The van der Waals surface area contributed by atoms with Gasteiger partial charge in [0.1, 0.15) is 0 Å². The lowest BCUT2D eigenvalue weighted by Crippen LogP contribution is -2.41. The Morgan fingerprint density at radius 2 is 2.14 bits per heavy atom. The summed E-state index contributed by atoms with van der Waals surface area (Å²) in [5.41, 5.74) is 6.14. The summed E-state index contributed by atoms with van der Waals surface area (Å²) in [5.74, 6) is -0.309. The highest BCUT2D eigenvalue weighted by Crippen LogP contribution is 2.36. The number of carbonyl (C=O) groups excluding carboxylic acids is 2. The van der Waals surface area contributed by atoms with E-state index in [9.17, 15) is 9.59 Å². The first-order chi connectivity index (χ1) is 9.97. The van der Waals surface area contributed by atoms with E-state index in [1.807, 2.05) is 43.0 Å². The summed E-state index contributed by atoms with van der Waals surface area (Å²) in [6.07, 6.45) is 0.691. The van der Waals surface area contributed by atoms with Crippen LogP contribution in [0, 0.1) is 0 Å². The van der Waals surface area contributed by atoms with Crippen molar-refractivity contribution in [2.45, 2.75) is 36.5 Å². The second-order valence-electron chi connectivity index (χ2n) is 5.41. The van der Waals surface area contributed by atoms with Gasteiger partial charge in [0, 0.05) is 17.5 Å². The minimum Gasteiger partial charge on any atom is -0.369 e. The smallest absolute Gasteiger partial charge is 0.237 e. The number of amides is 2. The van der Waals surface area contributed by atoms with Crippen LogP contribution in [0.25, 0.3) is 0 Å². The van der Waals surface area contributed by atoms with Crippen LogP contribution in [0.3, 0.4) is 0 Å². The van der Waals surface area contributed by atoms with Crippen molar-refractivity contribution in [2.75, 3.05) is 18.4 Å². The molecule has 1 aliphatic rings. The summed E-state index contributed by atoms with van der Waals surface area (Å²) < 4.78 is 0. The predicted octanol–water partition coefficient (Wildman–Crippen LogP) is 1.69. The van der Waals surface area contributed by atoms with Gasteiger partial charge in [-0.3, -0.25) is 14.5 Å². The number of benzene rings is 1. The van der Waals surface area contributed by atoms with Crippen LogP contribution in [0.5, 0.6) is 0 Å². The maximum absolute atomic E-state index is 12.1. The monoisotopic (exact) mass is 307 g/mol. The van der Waals surface area contributed by atoms with E-state index in [-0.39, 0.29) is 29.7 Å². The van der Waals surface area contributed by atoms with E-state index in [1.165, 1.54) is 0 Å². The predicted molar refractivity (Wildman–Crippen MR) is 85.2 cm³/mol. The van der Waals surface area contributed by atoms with E-state index >= 15 is 0 Å². The maximum Gasteiger partial charge on any atom is 0.237 e. The zero-order valence-corrected chi connectivity index (χ0v) is 13.2. The fourth-order valence-corrected chi connectivity index (χ4v) is 3.38. The van der Waals surface area contributed by atoms with Crippen LogP contribution >= 0.6 is 11.8 Å². The topological polar surface area (TPSA) is 75.4 Å². The number of hydrogen-bond donors (Lipinski definition) is 2. The first kappa shape index (κ1) is 15.9. The Morgan fingerprint density at radius 3 is 2.81 bits per heavy atom. The van der Waals surface area contributed by atoms with Gasteiger partial charge in [0.25, 0.3) is 0 Å². The summed E-state index contributed by atoms with van der Waals surface area (Å²) in [5, 5.41) is 2.80. The van der Waals surface area contributed by atoms with Gasteiger partial charge < -0.3 is 11.1 Å². The molecule has 0 radical (unpaired) electrons. The Labute approximate surface area is 129 Å². The molecule has 0 saturated heterocycles. The summed E-state index contributed by atoms with van der Waals surface area (Å²) >= 11 is 1.58. The molecule has 21 heavy (non-hydrogen) atoms. The molecule has 2 amide bonds. The number of nitrogens with zero attached hydrogens (tertiary/aromatic N) is 1. The van der Waals surface area contributed by atoms with Gasteiger partial charge in [0.05, 0.1) is 17.5 Å². The van der Waals surface area contributed by atoms with Crippen molar-refractivity contribution in [3.63, 3.8) is 0 Å². The van der Waals surface area contributed by atoms with Crippen LogP contribution in [0.4, 0.5) is 5.69 Å². The fourth-order valence-electron chi connectivity index (χ4n) is 2.29. The molecule has 0 fully saturated rings. The van der Waals surface area contributed by atoms with Gasteiger partial charge in [-0.1, -0.05) is 12.1 Å². The summed E-state index contributed by atoms with van der Waals surface area (Å²) in [6.45, 7) is 4.94. The number of carbonyl (C=O) groups is 2. The summed E-state index contributed by atoms with van der Waals surface area (Å²) in [7, 11) is 0. The number of rotatable bonds is 6. The van der Waals surface area contributed by atoms with Crippen LogP contribution in [-0.4, -0.2) is 41.1 Å². The zero-order chi connectivity index (χ0) is 15.4. The average Bonchev–Trinajstić information content (AvgIpc) is 2.42. The van der Waals surface area contributed by atoms with Crippen LogP contribution in [0.1, 0.15) is 20.3 Å². The second kappa shape index (κ2) is 6.95. The van der Waals surface area contributed by atoms with Gasteiger partial charge in [-0.2, -0.15) is 0 Å². The second-order valence-corrected chi connectivity index (χ2v) is 6.66. The lowest BCUT2D eigenvalue weighted by molar-refractivity contribution is -0.119. The molecule has 0 saturated carbocycles. The van der Waals surface area contributed by atoms with Crippen LogP contribution < -0.4 is 11.1 Å². The molecular weight excluding hydrogens is 286 g/mol. The Hall–Kier alpha value is -1.53. The number of nitrogens with one attached hydrogen (secondary N) is 1. The number of anilines is 1. The molecule has 2 rings (SSSR count). The standard InChI is InChI=1S/C15H21N3O2S/c1-10(2)18(9-14(16)19)8-7-13-15(20)17-11-5-3-4-6-12(11)21-13/h3-6,10,13H,7-9H2,1-2H3,(H2,16,19)(H,17,20)/t13-/m0/s1. The van der Waals surface area contributed by atoms with Gasteiger partial charge >= 0.3 is 0 Å². The highest BCUT2D eigenvalue weighted by atomic mass is 32.2. The third-order valence-electron chi connectivity index (χ3n) is 3.47. The van der Waals surface area contributed by atoms with Crippen molar-refractivity contribution >= 4 is 29.3 Å². The molecule has 1 aromatic carbocycles. The third kappa shape index (κ3) is 4.22. The fraction of sp³-hybridized carbons (Fsp3) is 0.467. The molecule has 1 heterocycles. The van der Waals surface area contributed by atoms with Gasteiger partial charge in [-0.15, -0.1) is 11.8 Å². The first-order valence-electron chi connectivity index (χ1n) is 7.06. The lowest BCUT2D eigenvalue weighted by Gasteiger charge is -2.29. The van der Waals surface area contributed by atoms with E-state index in [4.69, 9.17) is 5.73 Å². The Kier molecular flexibility index (Phi) is 5.25. The largest absolute Gasteiger partial charge is 0.369 e. The molecule has 1 atom stereocenters. The highest BCUT2D eigenvalue weighted by molar-refractivity contribution is 8.01. The quantitative estimate of drug-likeness (QED) is 0.838. The van der Waals surface area contributed by atoms with Crippen molar-refractivity contribution in [1.29, 1.82) is 0 Å². The SMILES string of the molecule is CC(C)N(CC[C@@H]1Sc2ccccc2NC1=O)CC(N)=O. The van der Waals surface area contributed by atoms with E-state index in [1.54, 1.807) is 11.8 Å². The van der Waals surface area contributed by atoms with E-state index < -0.39 is 0 Å². The normalized spacial score (nSPS) is 17.7. The van der Waals surface area contributed by atoms with Crippen molar-refractivity contribution in [1.82, 2.24) is 4.90 Å². The van der Waals surface area contributed by atoms with Gasteiger partial charge in [-0.05, 0) is 32.4 Å². The highest BCUT2D eigenvalue weighted by Gasteiger charge is 2.27. The third-order valence-corrected chi connectivity index (χ3v) is 4.82. The summed E-state index contributed by atoms with van der Waals surface area (Å²) in [4.78, 5) is 26.3. The van der Waals surface area contributed by atoms with Gasteiger partial charge in [0.2, 0.25) is 11.8 Å². The van der Waals surface area contributed by atoms with Crippen LogP contribution in [0.15, 0.2) is 29.2 Å². The van der Waals surface area contributed by atoms with Crippen molar-refractivity contribution in [3.05, 3.63) is 24.3 Å². The van der Waals surface area contributed by atoms with Gasteiger partial charge in [0.15, 0.2) is 0 Å². The minimum absolute atomic E-state index is 0.0291. The van der Waals surface area contributed by atoms with E-state index in [0.717, 1.165) is 10.6 Å². The molecule has 0 aliphatic carbocycles. The number of fused-ring (bicyclic) bond motifs is 1. The maximum atomic E-state index is 12.1. The molecule has 114 valence electrons. The van der Waals surface area contributed by atoms with Crippen LogP contribution in [-0.2, 0) is 9.59 Å². The zero-order valence-electron chi connectivity index (χ0n) is 12.3. The molecule has 3 N–H and O–H groups in total. The number of hydrogen-bond acceptors (Lipinski definition) is 4. The van der Waals surface area contributed by atoms with Crippen molar-refractivity contribution < 1.29 is 9.59 Å². The van der Waals surface area contributed by atoms with E-state index in [2.05, 4.69) is 5.32 Å².